The molecule has 1 aliphatic heterocycles. The highest BCUT2D eigenvalue weighted by Crippen LogP contribution is 2.54. The minimum atomic E-state index is 0.729. The Bertz CT molecular complexity index is 3240. The van der Waals surface area contributed by atoms with Crippen LogP contribution in [0.4, 0.5) is 0 Å². The van der Waals surface area contributed by atoms with Crippen molar-refractivity contribution in [1.29, 1.82) is 0 Å². The second kappa shape index (κ2) is 9.63. The van der Waals surface area contributed by atoms with Gasteiger partial charge in [0.1, 0.15) is 0 Å². The quantitative estimate of drug-likeness (QED) is 0.190. The van der Waals surface area contributed by atoms with Gasteiger partial charge in [-0.25, -0.2) is 9.97 Å². The number of fused-ring (bicyclic) bond motifs is 7. The Balaban J connectivity index is 1.40. The number of rotatable bonds is 3. The molecule has 0 spiro atoms. The summed E-state index contributed by atoms with van der Waals surface area (Å²) in [6.07, 6.45) is 3.69. The van der Waals surface area contributed by atoms with Gasteiger partial charge in [-0.2, -0.15) is 0 Å². The zero-order valence-corrected chi connectivity index (χ0v) is 27.5. The molecule has 5 heterocycles. The summed E-state index contributed by atoms with van der Waals surface area (Å²) >= 11 is 1.89. The molecule has 0 aliphatic carbocycles. The fourth-order valence-electron chi connectivity index (χ4n) is 8.85. The van der Waals surface area contributed by atoms with Crippen LogP contribution in [-0.2, 0) is 0 Å². The van der Waals surface area contributed by atoms with E-state index in [9.17, 15) is 0 Å². The van der Waals surface area contributed by atoms with Crippen LogP contribution in [0.25, 0.3) is 91.6 Å². The van der Waals surface area contributed by atoms with Crippen molar-refractivity contribution in [1.82, 2.24) is 14.4 Å². The molecule has 0 atom stereocenters. The summed E-state index contributed by atoms with van der Waals surface area (Å²) in [6.45, 7) is 0. The van der Waals surface area contributed by atoms with Crippen molar-refractivity contribution >= 4 is 91.5 Å². The zero-order chi connectivity index (χ0) is 32.5. The van der Waals surface area contributed by atoms with Crippen LogP contribution in [0.15, 0.2) is 152 Å². The molecular formula is C46H25N3S. The van der Waals surface area contributed by atoms with Gasteiger partial charge in [0.25, 0.3) is 0 Å². The molecule has 0 saturated heterocycles. The molecule has 50 heavy (non-hydrogen) atoms. The van der Waals surface area contributed by atoms with Gasteiger partial charge in [-0.3, -0.25) is 0 Å². The molecule has 4 aromatic heterocycles. The first-order valence-corrected chi connectivity index (χ1v) is 17.8. The third-order valence-corrected chi connectivity index (χ3v) is 11.9. The Morgan fingerprint density at radius 2 is 1.14 bits per heavy atom. The summed E-state index contributed by atoms with van der Waals surface area (Å²) < 4.78 is 5.23. The second-order valence-corrected chi connectivity index (χ2v) is 14.4. The van der Waals surface area contributed by atoms with Crippen LogP contribution in [0.3, 0.4) is 0 Å². The molecular weight excluding hydrogens is 627 g/mol. The molecule has 4 heteroatoms. The lowest BCUT2D eigenvalue weighted by Gasteiger charge is -2.19. The van der Waals surface area contributed by atoms with Crippen molar-refractivity contribution in [3.8, 4) is 11.4 Å². The number of nitrogens with zero attached hydrogens (tertiary/aromatic N) is 3. The molecule has 0 fully saturated rings. The molecule has 1 aliphatic rings. The highest BCUT2D eigenvalue weighted by atomic mass is 32.1. The number of thiophene rings is 1. The van der Waals surface area contributed by atoms with Gasteiger partial charge in [-0.15, -0.1) is 11.3 Å². The van der Waals surface area contributed by atoms with Gasteiger partial charge >= 0.3 is 0 Å². The van der Waals surface area contributed by atoms with Crippen LogP contribution < -0.4 is 0 Å². The number of hydrogen-bond donors (Lipinski definition) is 0. The predicted molar refractivity (Wildman–Crippen MR) is 210 cm³/mol. The summed E-state index contributed by atoms with van der Waals surface area (Å²) in [6, 6.07) is 51.3. The summed E-state index contributed by atoms with van der Waals surface area (Å²) in [4.78, 5) is 9.59. The molecule has 0 radical (unpaired) electrons. The van der Waals surface area contributed by atoms with Gasteiger partial charge in [0.15, 0.2) is 5.82 Å². The molecule has 0 amide bonds. The topological polar surface area (TPSA) is 30.2 Å². The molecule has 12 rings (SSSR count). The largest absolute Gasteiger partial charge is 0.307 e. The average molecular weight is 652 g/mol. The van der Waals surface area contributed by atoms with E-state index in [1.54, 1.807) is 0 Å². The molecule has 3 nitrogen and oxygen atoms in total. The van der Waals surface area contributed by atoms with E-state index in [1.165, 1.54) is 102 Å². The summed E-state index contributed by atoms with van der Waals surface area (Å²) in [7, 11) is 0. The van der Waals surface area contributed by atoms with Crippen LogP contribution in [-0.4, -0.2) is 14.4 Å². The Hall–Kier alpha value is -6.36. The molecule has 0 unspecified atom stereocenters. The van der Waals surface area contributed by atoms with E-state index in [4.69, 9.17) is 9.97 Å². The number of para-hydroxylation sites is 1. The van der Waals surface area contributed by atoms with Crippen molar-refractivity contribution in [2.45, 2.75) is 0 Å². The zero-order valence-electron chi connectivity index (χ0n) is 26.7. The second-order valence-electron chi connectivity index (χ2n) is 13.3. The van der Waals surface area contributed by atoms with E-state index in [0.717, 1.165) is 11.4 Å². The maximum absolute atomic E-state index is 4.79. The third kappa shape index (κ3) is 3.33. The summed E-state index contributed by atoms with van der Waals surface area (Å²) in [5.41, 5.74) is 12.1. The lowest BCUT2D eigenvalue weighted by molar-refractivity contribution is 1.18. The van der Waals surface area contributed by atoms with Gasteiger partial charge in [-0.05, 0) is 57.8 Å². The monoisotopic (exact) mass is 651 g/mol. The van der Waals surface area contributed by atoms with E-state index >= 15 is 0 Å². The summed E-state index contributed by atoms with van der Waals surface area (Å²) in [5.74, 6) is 0.729. The van der Waals surface area contributed by atoms with Gasteiger partial charge < -0.3 is 4.40 Å². The maximum atomic E-state index is 4.79. The van der Waals surface area contributed by atoms with Crippen molar-refractivity contribution in [2.24, 2.45) is 0 Å². The Kier molecular flexibility index (Phi) is 5.12. The smallest absolute Gasteiger partial charge is 0.159 e. The highest BCUT2D eigenvalue weighted by molar-refractivity contribution is 7.26. The van der Waals surface area contributed by atoms with E-state index in [-0.39, 0.29) is 0 Å². The number of hydrogen-bond acceptors (Lipinski definition) is 3. The minimum Gasteiger partial charge on any atom is -0.307 e. The highest BCUT2D eigenvalue weighted by Gasteiger charge is 2.31. The van der Waals surface area contributed by atoms with Crippen LogP contribution in [0.5, 0.6) is 0 Å². The van der Waals surface area contributed by atoms with Crippen LogP contribution in [0.1, 0.15) is 22.3 Å². The lowest BCUT2D eigenvalue weighted by atomic mass is 9.83. The van der Waals surface area contributed by atoms with E-state index in [1.807, 2.05) is 29.8 Å². The third-order valence-electron chi connectivity index (χ3n) is 10.8. The van der Waals surface area contributed by atoms with Crippen molar-refractivity contribution < 1.29 is 0 Å². The summed E-state index contributed by atoms with van der Waals surface area (Å²) in [5, 5.41) is 10.3. The van der Waals surface area contributed by atoms with Crippen molar-refractivity contribution in [3.63, 3.8) is 0 Å². The van der Waals surface area contributed by atoms with Gasteiger partial charge in [-0.1, -0.05) is 109 Å². The van der Waals surface area contributed by atoms with Crippen molar-refractivity contribution in [2.75, 3.05) is 0 Å². The normalized spacial score (nSPS) is 13.1. The Morgan fingerprint density at radius 1 is 0.420 bits per heavy atom. The van der Waals surface area contributed by atoms with Crippen LogP contribution in [0.2, 0.25) is 0 Å². The SMILES string of the molecule is c1ccc(C2=C(c3cccc4ccccc34)c3cccc4c5cc6sc7ccccc7c6c6c7cc(-c8ncccn8)cc2c7n(c34)c56)cc1. The van der Waals surface area contributed by atoms with Crippen LogP contribution >= 0.6 is 11.3 Å². The fraction of sp³-hybridized carbons (Fsp3) is 0. The van der Waals surface area contributed by atoms with Gasteiger partial charge in [0.05, 0.1) is 16.6 Å². The first-order valence-electron chi connectivity index (χ1n) is 17.0. The number of aromatic nitrogens is 3. The molecule has 0 N–H and O–H groups in total. The molecule has 0 bridgehead atoms. The van der Waals surface area contributed by atoms with Crippen LogP contribution in [0, 0.1) is 0 Å². The van der Waals surface area contributed by atoms with Crippen molar-refractivity contribution in [3.05, 3.63) is 174 Å². The Morgan fingerprint density at radius 3 is 2.04 bits per heavy atom. The predicted octanol–water partition coefficient (Wildman–Crippen LogP) is 12.1. The Labute approximate surface area is 290 Å². The lowest BCUT2D eigenvalue weighted by Crippen LogP contribution is -1.99. The maximum Gasteiger partial charge on any atom is 0.159 e. The fourth-order valence-corrected chi connectivity index (χ4v) is 10.0. The molecule has 230 valence electrons. The minimum absolute atomic E-state index is 0.729. The number of benzene rings is 7. The molecule has 7 aromatic carbocycles. The van der Waals surface area contributed by atoms with Gasteiger partial charge in [0, 0.05) is 76.4 Å². The molecule has 0 saturated carbocycles. The van der Waals surface area contributed by atoms with E-state index < -0.39 is 0 Å². The molecule has 11 aromatic rings. The van der Waals surface area contributed by atoms with Gasteiger partial charge in [0.2, 0.25) is 0 Å². The first-order chi connectivity index (χ1) is 24.8. The standard InChI is InChI=1S/C46H25N3S/c1-2-12-27(13-3-1)39-35-23-28(46-47-21-10-22-48-46)24-36-42-41-32-16-6-7-20-37(32)50-38(41)25-34-31-18-9-19-33(43(31)49(44(35)36)45(34)42)40(39)30-17-8-14-26-11-4-5-15-29(26)30/h1-25H. The van der Waals surface area contributed by atoms with E-state index in [0.29, 0.717) is 0 Å². The van der Waals surface area contributed by atoms with E-state index in [2.05, 4.69) is 138 Å². The first kappa shape index (κ1) is 26.6. The average Bonchev–Trinajstić information content (AvgIpc) is 3.80.